The van der Waals surface area contributed by atoms with Crippen LogP contribution in [0.25, 0.3) is 0 Å². The summed E-state index contributed by atoms with van der Waals surface area (Å²) in [5.74, 6) is 7.92. The number of aryl methyl sites for hydroxylation is 1. The Morgan fingerprint density at radius 1 is 1.60 bits per heavy atom. The van der Waals surface area contributed by atoms with E-state index in [0.29, 0.717) is 5.92 Å². The molecule has 0 aromatic carbocycles. The van der Waals surface area contributed by atoms with Gasteiger partial charge in [-0.3, -0.25) is 5.84 Å². The maximum Gasteiger partial charge on any atom is 0.122 e. The minimum Gasteiger partial charge on any atom is -0.464 e. The van der Waals surface area contributed by atoms with Gasteiger partial charge >= 0.3 is 0 Å². The van der Waals surface area contributed by atoms with E-state index in [2.05, 4.69) is 12.3 Å². The van der Waals surface area contributed by atoms with Gasteiger partial charge in [-0.2, -0.15) is 0 Å². The third kappa shape index (κ3) is 2.22. The zero-order valence-corrected chi connectivity index (χ0v) is 9.03. The van der Waals surface area contributed by atoms with E-state index in [9.17, 15) is 0 Å². The molecule has 0 amide bonds. The van der Waals surface area contributed by atoms with Crippen molar-refractivity contribution in [3.8, 4) is 0 Å². The summed E-state index contributed by atoms with van der Waals surface area (Å²) in [5, 5.41) is 0. The van der Waals surface area contributed by atoms with Crippen LogP contribution in [0.3, 0.4) is 0 Å². The van der Waals surface area contributed by atoms with E-state index in [1.807, 2.05) is 12.1 Å². The molecular weight excluding hydrogens is 192 g/mol. The molecule has 15 heavy (non-hydrogen) atoms. The molecule has 4 heteroatoms. The van der Waals surface area contributed by atoms with Crippen molar-refractivity contribution in [1.82, 2.24) is 5.43 Å². The van der Waals surface area contributed by atoms with Crippen LogP contribution in [-0.4, -0.2) is 13.2 Å². The highest BCUT2D eigenvalue weighted by atomic mass is 16.5. The van der Waals surface area contributed by atoms with Gasteiger partial charge in [0.05, 0.1) is 12.6 Å². The van der Waals surface area contributed by atoms with Crippen molar-refractivity contribution in [2.45, 2.75) is 25.8 Å². The van der Waals surface area contributed by atoms with Gasteiger partial charge in [-0.05, 0) is 18.6 Å². The first kappa shape index (κ1) is 10.7. The normalized spacial score (nSPS) is 23.2. The van der Waals surface area contributed by atoms with E-state index >= 15 is 0 Å². The predicted molar refractivity (Wildman–Crippen MR) is 57.1 cm³/mol. The fourth-order valence-electron chi connectivity index (χ4n) is 2.02. The van der Waals surface area contributed by atoms with Gasteiger partial charge in [0.15, 0.2) is 0 Å². The van der Waals surface area contributed by atoms with Crippen LogP contribution in [0.1, 0.15) is 30.9 Å². The molecule has 1 saturated heterocycles. The standard InChI is InChI=1S/C11H18N2O2/c1-2-9-3-4-10(15-9)11(13-12)8-5-6-14-7-8/h3-4,8,11,13H,2,5-7,12H2,1H3. The molecule has 2 atom stereocenters. The lowest BCUT2D eigenvalue weighted by atomic mass is 9.98. The fourth-order valence-corrected chi connectivity index (χ4v) is 2.02. The van der Waals surface area contributed by atoms with Crippen LogP contribution < -0.4 is 11.3 Å². The summed E-state index contributed by atoms with van der Waals surface area (Å²) in [5.41, 5.74) is 2.82. The summed E-state index contributed by atoms with van der Waals surface area (Å²) in [4.78, 5) is 0. The Balaban J connectivity index is 2.10. The van der Waals surface area contributed by atoms with Crippen LogP contribution in [0, 0.1) is 5.92 Å². The highest BCUT2D eigenvalue weighted by Gasteiger charge is 2.28. The third-order valence-corrected chi connectivity index (χ3v) is 2.95. The van der Waals surface area contributed by atoms with Gasteiger partial charge < -0.3 is 9.15 Å². The average Bonchev–Trinajstić information content (AvgIpc) is 2.89. The van der Waals surface area contributed by atoms with Gasteiger partial charge in [-0.1, -0.05) is 6.92 Å². The molecule has 2 unspecified atom stereocenters. The largest absolute Gasteiger partial charge is 0.464 e. The number of rotatable bonds is 4. The lowest BCUT2D eigenvalue weighted by Crippen LogP contribution is -2.33. The molecule has 0 bridgehead atoms. The van der Waals surface area contributed by atoms with Gasteiger partial charge in [-0.25, -0.2) is 5.43 Å². The van der Waals surface area contributed by atoms with Crippen molar-refractivity contribution in [2.75, 3.05) is 13.2 Å². The second-order valence-corrected chi connectivity index (χ2v) is 3.93. The molecule has 1 aliphatic rings. The van der Waals surface area contributed by atoms with Crippen LogP contribution in [0.15, 0.2) is 16.5 Å². The van der Waals surface area contributed by atoms with Gasteiger partial charge in [0.2, 0.25) is 0 Å². The predicted octanol–water partition coefficient (Wildman–Crippen LogP) is 1.38. The molecule has 2 heterocycles. The summed E-state index contributed by atoms with van der Waals surface area (Å²) < 4.78 is 11.1. The number of hydrogen-bond donors (Lipinski definition) is 2. The topological polar surface area (TPSA) is 60.4 Å². The lowest BCUT2D eigenvalue weighted by molar-refractivity contribution is 0.172. The molecule has 0 radical (unpaired) electrons. The molecule has 1 aromatic rings. The van der Waals surface area contributed by atoms with Gasteiger partial charge in [0.1, 0.15) is 11.5 Å². The molecule has 3 N–H and O–H groups in total. The van der Waals surface area contributed by atoms with Crippen LogP contribution >= 0.6 is 0 Å². The van der Waals surface area contributed by atoms with E-state index in [0.717, 1.165) is 37.6 Å². The average molecular weight is 210 g/mol. The highest BCUT2D eigenvalue weighted by Crippen LogP contribution is 2.29. The molecule has 4 nitrogen and oxygen atoms in total. The number of ether oxygens (including phenoxy) is 1. The Hall–Kier alpha value is -0.840. The third-order valence-electron chi connectivity index (χ3n) is 2.95. The second-order valence-electron chi connectivity index (χ2n) is 3.93. The number of hydrogen-bond acceptors (Lipinski definition) is 4. The zero-order valence-electron chi connectivity index (χ0n) is 9.03. The van der Waals surface area contributed by atoms with E-state index in [4.69, 9.17) is 15.0 Å². The molecule has 0 aliphatic carbocycles. The molecule has 84 valence electrons. The summed E-state index contributed by atoms with van der Waals surface area (Å²) in [6, 6.07) is 4.09. The number of nitrogens with one attached hydrogen (secondary N) is 1. The van der Waals surface area contributed by atoms with Crippen molar-refractivity contribution >= 4 is 0 Å². The molecular formula is C11H18N2O2. The maximum atomic E-state index is 5.70. The van der Waals surface area contributed by atoms with E-state index in [1.54, 1.807) is 0 Å². The fraction of sp³-hybridized carbons (Fsp3) is 0.636. The number of hydrazine groups is 1. The van der Waals surface area contributed by atoms with Crippen molar-refractivity contribution in [2.24, 2.45) is 11.8 Å². The summed E-state index contributed by atoms with van der Waals surface area (Å²) in [6.07, 6.45) is 1.95. The van der Waals surface area contributed by atoms with Crippen LogP contribution in [0.5, 0.6) is 0 Å². The van der Waals surface area contributed by atoms with Crippen LogP contribution in [-0.2, 0) is 11.2 Å². The highest BCUT2D eigenvalue weighted by molar-refractivity contribution is 5.12. The molecule has 0 spiro atoms. The number of furan rings is 1. The SMILES string of the molecule is CCc1ccc(C(NN)C2CCOC2)o1. The monoisotopic (exact) mass is 210 g/mol. The second kappa shape index (κ2) is 4.79. The van der Waals surface area contributed by atoms with E-state index in [1.165, 1.54) is 0 Å². The van der Waals surface area contributed by atoms with E-state index in [-0.39, 0.29) is 6.04 Å². The smallest absolute Gasteiger partial charge is 0.122 e. The molecule has 1 aliphatic heterocycles. The van der Waals surface area contributed by atoms with Gasteiger partial charge in [-0.15, -0.1) is 0 Å². The number of nitrogens with two attached hydrogens (primary N) is 1. The first-order valence-electron chi connectivity index (χ1n) is 5.47. The summed E-state index contributed by atoms with van der Waals surface area (Å²) in [6.45, 7) is 3.66. The summed E-state index contributed by atoms with van der Waals surface area (Å²) >= 11 is 0. The Bertz CT molecular complexity index is 305. The quantitative estimate of drug-likeness (QED) is 0.582. The lowest BCUT2D eigenvalue weighted by Gasteiger charge is -2.18. The Morgan fingerprint density at radius 2 is 2.47 bits per heavy atom. The van der Waals surface area contributed by atoms with Crippen LogP contribution in [0.2, 0.25) is 0 Å². The van der Waals surface area contributed by atoms with Gasteiger partial charge in [0, 0.05) is 18.9 Å². The zero-order chi connectivity index (χ0) is 10.7. The first-order valence-corrected chi connectivity index (χ1v) is 5.47. The van der Waals surface area contributed by atoms with Crippen molar-refractivity contribution in [1.29, 1.82) is 0 Å². The molecule has 2 rings (SSSR count). The van der Waals surface area contributed by atoms with Crippen molar-refractivity contribution < 1.29 is 9.15 Å². The Morgan fingerprint density at radius 3 is 3.00 bits per heavy atom. The molecule has 0 saturated carbocycles. The minimum atomic E-state index is 0.0767. The summed E-state index contributed by atoms with van der Waals surface area (Å²) in [7, 11) is 0. The van der Waals surface area contributed by atoms with Crippen LogP contribution in [0.4, 0.5) is 0 Å². The van der Waals surface area contributed by atoms with E-state index < -0.39 is 0 Å². The first-order chi connectivity index (χ1) is 7.35. The minimum absolute atomic E-state index is 0.0767. The van der Waals surface area contributed by atoms with Gasteiger partial charge in [0.25, 0.3) is 0 Å². The van der Waals surface area contributed by atoms with Crippen molar-refractivity contribution in [3.05, 3.63) is 23.7 Å². The molecule has 1 aromatic heterocycles. The molecule has 1 fully saturated rings. The maximum absolute atomic E-state index is 5.70. The Labute approximate surface area is 89.7 Å². The Kier molecular flexibility index (Phi) is 3.41. The van der Waals surface area contributed by atoms with Crippen molar-refractivity contribution in [3.63, 3.8) is 0 Å².